The van der Waals surface area contributed by atoms with E-state index in [1.54, 1.807) is 11.8 Å². The van der Waals surface area contributed by atoms with Crippen molar-refractivity contribution in [3.63, 3.8) is 0 Å². The number of carbonyl (C=O) groups is 1. The predicted molar refractivity (Wildman–Crippen MR) is 129 cm³/mol. The molecule has 33 heavy (non-hydrogen) atoms. The molecule has 7 nitrogen and oxygen atoms in total. The molecule has 0 spiro atoms. The highest BCUT2D eigenvalue weighted by atomic mass is 16.3. The van der Waals surface area contributed by atoms with Crippen LogP contribution in [0.3, 0.4) is 0 Å². The second kappa shape index (κ2) is 10.6. The summed E-state index contributed by atoms with van der Waals surface area (Å²) in [6, 6.07) is 14.5. The monoisotopic (exact) mass is 445 g/mol. The van der Waals surface area contributed by atoms with E-state index in [9.17, 15) is 15.2 Å². The Morgan fingerprint density at radius 3 is 2.97 bits per heavy atom. The minimum absolute atomic E-state index is 0.0544. The molecule has 0 aromatic heterocycles. The van der Waals surface area contributed by atoms with E-state index in [0.29, 0.717) is 25.1 Å². The molecule has 2 unspecified atom stereocenters. The summed E-state index contributed by atoms with van der Waals surface area (Å²) in [4.78, 5) is 14.1. The van der Waals surface area contributed by atoms with Crippen LogP contribution >= 0.6 is 0 Å². The van der Waals surface area contributed by atoms with Gasteiger partial charge in [0, 0.05) is 44.0 Å². The summed E-state index contributed by atoms with van der Waals surface area (Å²) < 4.78 is 0. The SMILES string of the molecule is CC(O)NCCC(=O)N1C=CC(Nc2cc(-c3cccc(C#N)c3)cc3c2CNCC3)CC1. The molecule has 0 bridgehead atoms. The van der Waals surface area contributed by atoms with Gasteiger partial charge in [-0.2, -0.15) is 5.26 Å². The van der Waals surface area contributed by atoms with E-state index in [0.717, 1.165) is 42.7 Å². The molecular weight excluding hydrogens is 414 g/mol. The second-order valence-electron chi connectivity index (χ2n) is 8.63. The van der Waals surface area contributed by atoms with Gasteiger partial charge in [-0.15, -0.1) is 0 Å². The van der Waals surface area contributed by atoms with Crippen molar-refractivity contribution in [3.8, 4) is 17.2 Å². The number of rotatable bonds is 7. The quantitative estimate of drug-likeness (QED) is 0.489. The maximum absolute atomic E-state index is 12.4. The maximum atomic E-state index is 12.4. The third kappa shape index (κ3) is 5.79. The number of carbonyl (C=O) groups excluding carboxylic acids is 1. The van der Waals surface area contributed by atoms with E-state index in [1.165, 1.54) is 11.1 Å². The van der Waals surface area contributed by atoms with Crippen LogP contribution in [0.25, 0.3) is 11.1 Å². The van der Waals surface area contributed by atoms with E-state index in [4.69, 9.17) is 0 Å². The first-order valence-corrected chi connectivity index (χ1v) is 11.6. The molecule has 0 saturated heterocycles. The Bertz CT molecular complexity index is 1070. The summed E-state index contributed by atoms with van der Waals surface area (Å²) in [6.07, 6.45) is 5.46. The summed E-state index contributed by atoms with van der Waals surface area (Å²) >= 11 is 0. The third-order valence-corrected chi connectivity index (χ3v) is 6.16. The molecule has 2 aliphatic rings. The Balaban J connectivity index is 1.50. The Labute approximate surface area is 195 Å². The number of nitrogens with zero attached hydrogens (tertiary/aromatic N) is 2. The van der Waals surface area contributed by atoms with E-state index < -0.39 is 6.23 Å². The van der Waals surface area contributed by atoms with Gasteiger partial charge in [-0.3, -0.25) is 10.1 Å². The van der Waals surface area contributed by atoms with E-state index in [2.05, 4.69) is 40.2 Å². The van der Waals surface area contributed by atoms with Crippen LogP contribution in [0.15, 0.2) is 48.7 Å². The van der Waals surface area contributed by atoms with Crippen molar-refractivity contribution in [1.82, 2.24) is 15.5 Å². The molecule has 0 fully saturated rings. The highest BCUT2D eigenvalue weighted by Crippen LogP contribution is 2.32. The highest BCUT2D eigenvalue weighted by Gasteiger charge is 2.21. The Hall–Kier alpha value is -3.18. The lowest BCUT2D eigenvalue weighted by Gasteiger charge is -2.30. The van der Waals surface area contributed by atoms with Crippen LogP contribution in [-0.2, 0) is 17.8 Å². The lowest BCUT2D eigenvalue weighted by molar-refractivity contribution is -0.128. The second-order valence-corrected chi connectivity index (χ2v) is 8.63. The summed E-state index contributed by atoms with van der Waals surface area (Å²) in [7, 11) is 0. The van der Waals surface area contributed by atoms with Gasteiger partial charge in [0.2, 0.25) is 5.91 Å². The van der Waals surface area contributed by atoms with Crippen LogP contribution in [0, 0.1) is 11.3 Å². The largest absolute Gasteiger partial charge is 0.379 e. The molecule has 4 rings (SSSR count). The van der Waals surface area contributed by atoms with Gasteiger partial charge >= 0.3 is 0 Å². The fraction of sp³-hybridized carbons (Fsp3) is 0.385. The van der Waals surface area contributed by atoms with E-state index >= 15 is 0 Å². The van der Waals surface area contributed by atoms with E-state index in [-0.39, 0.29) is 11.9 Å². The molecule has 0 aliphatic carbocycles. The van der Waals surface area contributed by atoms with Gasteiger partial charge in [0.25, 0.3) is 0 Å². The summed E-state index contributed by atoms with van der Waals surface area (Å²) in [5.41, 5.74) is 6.53. The van der Waals surface area contributed by atoms with Gasteiger partial charge in [0.15, 0.2) is 0 Å². The summed E-state index contributed by atoms with van der Waals surface area (Å²) in [6.45, 7) is 4.55. The van der Waals surface area contributed by atoms with Crippen molar-refractivity contribution in [1.29, 1.82) is 5.26 Å². The minimum atomic E-state index is -0.609. The zero-order valence-electron chi connectivity index (χ0n) is 19.0. The first kappa shape index (κ1) is 23.0. The molecule has 2 aromatic carbocycles. The number of benzene rings is 2. The normalized spacial score (nSPS) is 18.3. The number of nitriles is 1. The number of amides is 1. The van der Waals surface area contributed by atoms with Gasteiger partial charge in [0.1, 0.15) is 6.23 Å². The number of nitrogens with one attached hydrogen (secondary N) is 3. The van der Waals surface area contributed by atoms with Crippen molar-refractivity contribution >= 4 is 11.6 Å². The number of anilines is 1. The Morgan fingerprint density at radius 2 is 2.21 bits per heavy atom. The smallest absolute Gasteiger partial charge is 0.227 e. The van der Waals surface area contributed by atoms with Gasteiger partial charge in [0.05, 0.1) is 11.6 Å². The molecule has 0 saturated carbocycles. The molecule has 0 radical (unpaired) electrons. The van der Waals surface area contributed by atoms with Crippen LogP contribution in [0.1, 0.15) is 36.5 Å². The molecule has 2 aromatic rings. The van der Waals surface area contributed by atoms with E-state index in [1.807, 2.05) is 30.5 Å². The lowest BCUT2D eigenvalue weighted by Crippen LogP contribution is -2.37. The van der Waals surface area contributed by atoms with Gasteiger partial charge in [-0.25, -0.2) is 0 Å². The van der Waals surface area contributed by atoms with Crippen LogP contribution in [-0.4, -0.2) is 47.8 Å². The standard InChI is InChI=1S/C26H31N5O2/c1-18(32)29-10-6-26(33)31-11-7-23(8-12-31)30-25-15-22(14-21-5-9-28-17-24(21)25)20-4-2-3-19(13-20)16-27/h2-4,7,11,13-15,18,23,28-30,32H,5-6,8-10,12,17H2,1H3. The first-order valence-electron chi connectivity index (χ1n) is 11.6. The van der Waals surface area contributed by atoms with Gasteiger partial charge in [-0.1, -0.05) is 18.2 Å². The third-order valence-electron chi connectivity index (χ3n) is 6.16. The van der Waals surface area contributed by atoms with Crippen molar-refractivity contribution in [2.45, 2.75) is 45.0 Å². The molecule has 2 aliphatic heterocycles. The predicted octanol–water partition coefficient (Wildman–Crippen LogP) is 2.72. The highest BCUT2D eigenvalue weighted by molar-refractivity contribution is 5.78. The molecule has 4 N–H and O–H groups in total. The zero-order valence-corrected chi connectivity index (χ0v) is 19.0. The first-order chi connectivity index (χ1) is 16.0. The van der Waals surface area contributed by atoms with Crippen LogP contribution in [0.2, 0.25) is 0 Å². The van der Waals surface area contributed by atoms with Crippen LogP contribution in [0.4, 0.5) is 5.69 Å². The molecule has 172 valence electrons. The zero-order chi connectivity index (χ0) is 23.2. The number of aliphatic hydroxyl groups excluding tert-OH is 1. The molecular formula is C26H31N5O2. The van der Waals surface area contributed by atoms with Gasteiger partial charge < -0.3 is 20.6 Å². The topological polar surface area (TPSA) is 100 Å². The average Bonchev–Trinajstić information content (AvgIpc) is 2.84. The number of fused-ring (bicyclic) bond motifs is 1. The fourth-order valence-corrected chi connectivity index (χ4v) is 4.38. The van der Waals surface area contributed by atoms with Crippen molar-refractivity contribution in [2.24, 2.45) is 0 Å². The molecule has 1 amide bonds. The number of hydrogen-bond donors (Lipinski definition) is 4. The fourth-order valence-electron chi connectivity index (χ4n) is 4.38. The molecule has 2 atom stereocenters. The lowest BCUT2D eigenvalue weighted by atomic mass is 9.92. The van der Waals surface area contributed by atoms with Crippen molar-refractivity contribution < 1.29 is 9.90 Å². The Morgan fingerprint density at radius 1 is 1.33 bits per heavy atom. The maximum Gasteiger partial charge on any atom is 0.227 e. The summed E-state index contributed by atoms with van der Waals surface area (Å²) in [5, 5.41) is 28.6. The molecule has 2 heterocycles. The van der Waals surface area contributed by atoms with Crippen molar-refractivity contribution in [2.75, 3.05) is 25.0 Å². The minimum Gasteiger partial charge on any atom is -0.379 e. The van der Waals surface area contributed by atoms with Crippen LogP contribution < -0.4 is 16.0 Å². The van der Waals surface area contributed by atoms with Crippen molar-refractivity contribution in [3.05, 3.63) is 65.4 Å². The van der Waals surface area contributed by atoms with Gasteiger partial charge in [-0.05, 0) is 72.8 Å². The number of hydrogen-bond acceptors (Lipinski definition) is 6. The molecule has 7 heteroatoms. The average molecular weight is 446 g/mol. The summed E-state index contributed by atoms with van der Waals surface area (Å²) in [5.74, 6) is 0.0544. The van der Waals surface area contributed by atoms with Crippen LogP contribution in [0.5, 0.6) is 0 Å². The Kier molecular flexibility index (Phi) is 7.40. The number of aliphatic hydroxyl groups is 1.